The van der Waals surface area contributed by atoms with Gasteiger partial charge in [0.1, 0.15) is 0 Å². The first kappa shape index (κ1) is 18.9. The van der Waals surface area contributed by atoms with Gasteiger partial charge in [-0.05, 0) is 80.2 Å². The lowest BCUT2D eigenvalue weighted by molar-refractivity contribution is 0.142. The highest BCUT2D eigenvalue weighted by molar-refractivity contribution is 5.14. The molecule has 1 aromatic heterocycles. The summed E-state index contributed by atoms with van der Waals surface area (Å²) in [6.45, 7) is 4.61. The van der Waals surface area contributed by atoms with Crippen LogP contribution < -0.4 is 0 Å². The van der Waals surface area contributed by atoms with E-state index in [1.165, 1.54) is 88.3 Å². The monoisotopic (exact) mass is 341 g/mol. The second-order valence-corrected chi connectivity index (χ2v) is 8.92. The first-order valence-corrected chi connectivity index (χ1v) is 11.2. The highest BCUT2D eigenvalue weighted by Gasteiger charge is 2.30. The maximum Gasteiger partial charge on any atom is 0.0403 e. The fourth-order valence-corrected chi connectivity index (χ4v) is 5.41. The molecule has 2 saturated carbocycles. The molecule has 140 valence electrons. The summed E-state index contributed by atoms with van der Waals surface area (Å²) in [6.07, 6.45) is 20.5. The Kier molecular flexibility index (Phi) is 7.37. The Labute approximate surface area is 156 Å². The van der Waals surface area contributed by atoms with Crippen molar-refractivity contribution in [3.63, 3.8) is 0 Å². The number of rotatable bonds is 7. The zero-order valence-corrected chi connectivity index (χ0v) is 16.7. The molecule has 0 radical (unpaired) electrons. The van der Waals surface area contributed by atoms with Gasteiger partial charge >= 0.3 is 0 Å². The molecule has 0 aliphatic heterocycles. The second-order valence-electron chi connectivity index (χ2n) is 8.92. The normalized spacial score (nSPS) is 30.3. The summed E-state index contributed by atoms with van der Waals surface area (Å²) >= 11 is 0. The lowest BCUT2D eigenvalue weighted by Gasteiger charge is -2.37. The highest BCUT2D eigenvalue weighted by Crippen LogP contribution is 2.42. The van der Waals surface area contributed by atoms with Crippen molar-refractivity contribution in [1.29, 1.82) is 0 Å². The predicted octanol–water partition coefficient (Wildman–Crippen LogP) is 6.99. The van der Waals surface area contributed by atoms with E-state index in [9.17, 15) is 0 Å². The molecule has 1 heterocycles. The van der Waals surface area contributed by atoms with Gasteiger partial charge in [0.15, 0.2) is 0 Å². The van der Waals surface area contributed by atoms with Crippen LogP contribution in [0.1, 0.15) is 95.7 Å². The van der Waals surface area contributed by atoms with Gasteiger partial charge in [0.2, 0.25) is 0 Å². The summed E-state index contributed by atoms with van der Waals surface area (Å²) in [5.41, 5.74) is 2.70. The number of aromatic nitrogens is 1. The van der Waals surface area contributed by atoms with Crippen molar-refractivity contribution in [2.75, 3.05) is 0 Å². The summed E-state index contributed by atoms with van der Waals surface area (Å²) in [7, 11) is 0. The molecule has 3 rings (SSSR count). The van der Waals surface area contributed by atoms with Crippen LogP contribution in [0.3, 0.4) is 0 Å². The molecule has 0 amide bonds. The van der Waals surface area contributed by atoms with Gasteiger partial charge in [0, 0.05) is 11.9 Å². The van der Waals surface area contributed by atoms with Crippen LogP contribution in [0.2, 0.25) is 0 Å². The van der Waals surface area contributed by atoms with Gasteiger partial charge in [-0.2, -0.15) is 0 Å². The summed E-state index contributed by atoms with van der Waals surface area (Å²) in [5, 5.41) is 0. The van der Waals surface area contributed by atoms with Gasteiger partial charge in [0.25, 0.3) is 0 Å². The van der Waals surface area contributed by atoms with E-state index in [-0.39, 0.29) is 0 Å². The van der Waals surface area contributed by atoms with Crippen LogP contribution in [0.5, 0.6) is 0 Å². The molecule has 1 nitrogen and oxygen atoms in total. The quantitative estimate of drug-likeness (QED) is 0.521. The van der Waals surface area contributed by atoms with Gasteiger partial charge in [-0.25, -0.2) is 0 Å². The maximum atomic E-state index is 4.69. The van der Waals surface area contributed by atoms with Crippen LogP contribution >= 0.6 is 0 Å². The zero-order valence-electron chi connectivity index (χ0n) is 16.7. The first-order chi connectivity index (χ1) is 12.3. The lowest BCUT2D eigenvalue weighted by atomic mass is 9.68. The van der Waals surface area contributed by atoms with Gasteiger partial charge in [-0.1, -0.05) is 58.4 Å². The average molecular weight is 342 g/mol. The van der Waals surface area contributed by atoms with E-state index >= 15 is 0 Å². The van der Waals surface area contributed by atoms with Gasteiger partial charge in [-0.3, -0.25) is 4.98 Å². The Morgan fingerprint density at radius 2 is 1.44 bits per heavy atom. The maximum absolute atomic E-state index is 4.69. The molecule has 0 bridgehead atoms. The minimum Gasteiger partial charge on any atom is -0.261 e. The molecule has 2 fully saturated rings. The number of aryl methyl sites for hydroxylation is 2. The minimum atomic E-state index is 0.959. The van der Waals surface area contributed by atoms with E-state index in [0.717, 1.165) is 30.1 Å². The summed E-state index contributed by atoms with van der Waals surface area (Å²) in [6, 6.07) is 4.55. The molecular formula is C24H39N. The molecule has 0 atom stereocenters. The molecule has 0 spiro atoms. The van der Waals surface area contributed by atoms with Gasteiger partial charge < -0.3 is 0 Å². The largest absolute Gasteiger partial charge is 0.261 e. The van der Waals surface area contributed by atoms with Crippen LogP contribution in [-0.4, -0.2) is 4.98 Å². The molecule has 0 saturated heterocycles. The van der Waals surface area contributed by atoms with Crippen LogP contribution in [-0.2, 0) is 12.8 Å². The third kappa shape index (κ3) is 5.56. The molecule has 1 aromatic rings. The van der Waals surface area contributed by atoms with Crippen molar-refractivity contribution in [1.82, 2.24) is 4.98 Å². The van der Waals surface area contributed by atoms with Crippen molar-refractivity contribution in [3.05, 3.63) is 29.6 Å². The van der Waals surface area contributed by atoms with Gasteiger partial charge in [0.05, 0.1) is 0 Å². The van der Waals surface area contributed by atoms with E-state index in [2.05, 4.69) is 37.2 Å². The van der Waals surface area contributed by atoms with E-state index in [0.29, 0.717) is 0 Å². The number of pyridine rings is 1. The standard InChI is InChI=1S/C24H39N/c1-3-5-21-11-17-24(25-18-21)16-10-20-8-14-23(15-9-20)22-12-6-19(4-2)7-13-22/h11,17-20,22-23H,3-10,12-16H2,1-2H3. The molecule has 0 aromatic carbocycles. The predicted molar refractivity (Wildman–Crippen MR) is 108 cm³/mol. The lowest BCUT2D eigenvalue weighted by Crippen LogP contribution is -2.25. The molecule has 25 heavy (non-hydrogen) atoms. The Balaban J connectivity index is 1.36. The highest BCUT2D eigenvalue weighted by atomic mass is 14.7. The van der Waals surface area contributed by atoms with E-state index in [1.807, 2.05) is 0 Å². The van der Waals surface area contributed by atoms with Gasteiger partial charge in [-0.15, -0.1) is 0 Å². The van der Waals surface area contributed by atoms with Crippen molar-refractivity contribution in [2.45, 2.75) is 97.3 Å². The van der Waals surface area contributed by atoms with Crippen LogP contribution in [0.25, 0.3) is 0 Å². The summed E-state index contributed by atoms with van der Waals surface area (Å²) in [4.78, 5) is 4.69. The molecule has 0 N–H and O–H groups in total. The van der Waals surface area contributed by atoms with E-state index in [1.54, 1.807) is 0 Å². The Bertz CT molecular complexity index is 475. The SMILES string of the molecule is CCCc1ccc(CCC2CCC(C3CCC(CC)CC3)CC2)nc1. The first-order valence-electron chi connectivity index (χ1n) is 11.2. The fourth-order valence-electron chi connectivity index (χ4n) is 5.41. The summed E-state index contributed by atoms with van der Waals surface area (Å²) in [5.74, 6) is 4.13. The van der Waals surface area contributed by atoms with Crippen molar-refractivity contribution in [2.24, 2.45) is 23.7 Å². The fraction of sp³-hybridized carbons (Fsp3) is 0.792. The number of nitrogens with zero attached hydrogens (tertiary/aromatic N) is 1. The van der Waals surface area contributed by atoms with Crippen molar-refractivity contribution < 1.29 is 0 Å². The smallest absolute Gasteiger partial charge is 0.0403 e. The molecule has 0 unspecified atom stereocenters. The second kappa shape index (κ2) is 9.74. The third-order valence-electron chi connectivity index (χ3n) is 7.26. The zero-order chi connectivity index (χ0) is 17.5. The molecule has 1 heteroatoms. The topological polar surface area (TPSA) is 12.9 Å². The molecular weight excluding hydrogens is 302 g/mol. The van der Waals surface area contributed by atoms with Crippen molar-refractivity contribution >= 4 is 0 Å². The Hall–Kier alpha value is -0.850. The minimum absolute atomic E-state index is 0.959. The Morgan fingerprint density at radius 3 is 1.96 bits per heavy atom. The number of hydrogen-bond acceptors (Lipinski definition) is 1. The third-order valence-corrected chi connectivity index (χ3v) is 7.26. The van der Waals surface area contributed by atoms with Crippen LogP contribution in [0.15, 0.2) is 18.3 Å². The van der Waals surface area contributed by atoms with Crippen LogP contribution in [0, 0.1) is 23.7 Å². The van der Waals surface area contributed by atoms with Crippen LogP contribution in [0.4, 0.5) is 0 Å². The van der Waals surface area contributed by atoms with E-state index < -0.39 is 0 Å². The van der Waals surface area contributed by atoms with Crippen molar-refractivity contribution in [3.8, 4) is 0 Å². The molecule has 2 aliphatic carbocycles. The summed E-state index contributed by atoms with van der Waals surface area (Å²) < 4.78 is 0. The molecule has 2 aliphatic rings. The Morgan fingerprint density at radius 1 is 0.800 bits per heavy atom. The number of hydrogen-bond donors (Lipinski definition) is 0. The van der Waals surface area contributed by atoms with E-state index in [4.69, 9.17) is 0 Å². The average Bonchev–Trinajstić information content (AvgIpc) is 2.68.